The second kappa shape index (κ2) is 27.0. The lowest BCUT2D eigenvalue weighted by Gasteiger charge is -2.28. The first-order valence-corrected chi connectivity index (χ1v) is 17.9. The number of carboxylic acid groups (broad SMARTS) is 1. The van der Waals surface area contributed by atoms with Crippen LogP contribution in [0.5, 0.6) is 0 Å². The van der Waals surface area contributed by atoms with Crippen LogP contribution in [0.15, 0.2) is 4.99 Å². The van der Waals surface area contributed by atoms with Crippen molar-refractivity contribution in [3.8, 4) is 0 Å². The molecule has 6 amide bonds. The number of aliphatic imine (C=N–C) groups is 1. The minimum Gasteiger partial charge on any atom is -0.480 e. The van der Waals surface area contributed by atoms with Gasteiger partial charge >= 0.3 is 5.97 Å². The molecule has 54 heavy (non-hydrogen) atoms. The molecular weight excluding hydrogens is 712 g/mol. The van der Waals surface area contributed by atoms with Crippen LogP contribution in [0.1, 0.15) is 72.1 Å². The number of carbonyl (C=O) groups is 7. The van der Waals surface area contributed by atoms with Crippen LogP contribution in [0.25, 0.3) is 0 Å². The molecule has 0 aromatic heterocycles. The van der Waals surface area contributed by atoms with Gasteiger partial charge in [0, 0.05) is 6.54 Å². The molecule has 7 atom stereocenters. The van der Waals surface area contributed by atoms with E-state index in [2.05, 4.69) is 36.9 Å². The molecule has 0 unspecified atom stereocenters. The third kappa shape index (κ3) is 19.4. The average Bonchev–Trinajstić information content (AvgIpc) is 3.10. The molecule has 0 aliphatic carbocycles. The van der Waals surface area contributed by atoms with E-state index in [1.807, 2.05) is 0 Å². The van der Waals surface area contributed by atoms with Gasteiger partial charge in [0.2, 0.25) is 35.4 Å². The van der Waals surface area contributed by atoms with Gasteiger partial charge in [-0.05, 0) is 77.3 Å². The third-order valence-corrected chi connectivity index (χ3v) is 8.05. The number of carbonyl (C=O) groups excluding carboxylic acids is 6. The zero-order valence-electron chi connectivity index (χ0n) is 31.3. The highest BCUT2D eigenvalue weighted by molar-refractivity contribution is 5.97. The molecule has 0 rings (SSSR count). The average molecular weight is 775 g/mol. The summed E-state index contributed by atoms with van der Waals surface area (Å²) in [5.41, 5.74) is 27.3. The largest absolute Gasteiger partial charge is 0.480 e. The highest BCUT2D eigenvalue weighted by Gasteiger charge is 2.35. The van der Waals surface area contributed by atoms with Crippen LogP contribution in [0, 0.1) is 5.92 Å². The van der Waals surface area contributed by atoms with Crippen LogP contribution >= 0.6 is 0 Å². The van der Waals surface area contributed by atoms with Crippen LogP contribution in [0.4, 0.5) is 0 Å². The van der Waals surface area contributed by atoms with E-state index in [1.54, 1.807) is 13.8 Å². The Labute approximate surface area is 314 Å². The van der Waals surface area contributed by atoms with Gasteiger partial charge in [-0.1, -0.05) is 13.8 Å². The Hall–Kier alpha value is -4.64. The Morgan fingerprint density at radius 3 is 1.43 bits per heavy atom. The Kier molecular flexibility index (Phi) is 24.7. The predicted octanol–water partition coefficient (Wildman–Crippen LogP) is -5.72. The van der Waals surface area contributed by atoms with Gasteiger partial charge in [0.15, 0.2) is 5.96 Å². The van der Waals surface area contributed by atoms with E-state index in [0.717, 1.165) is 0 Å². The van der Waals surface area contributed by atoms with Gasteiger partial charge in [-0.2, -0.15) is 0 Å². The molecular formula is C32H62N12O10. The summed E-state index contributed by atoms with van der Waals surface area (Å²) in [6.45, 7) is 3.68. The quantitative estimate of drug-likeness (QED) is 0.0200. The number of hydrogen-bond acceptors (Lipinski definition) is 13. The zero-order chi connectivity index (χ0) is 41.4. The van der Waals surface area contributed by atoms with Crippen LogP contribution in [0.2, 0.25) is 0 Å². The summed E-state index contributed by atoms with van der Waals surface area (Å²) >= 11 is 0. The van der Waals surface area contributed by atoms with E-state index in [4.69, 9.17) is 28.7 Å². The molecule has 19 N–H and O–H groups in total. The number of rotatable bonds is 28. The Balaban J connectivity index is 6.09. The molecule has 310 valence electrons. The number of hydrogen-bond donors (Lipinski definition) is 14. The molecule has 22 heteroatoms. The highest BCUT2D eigenvalue weighted by Crippen LogP contribution is 2.08. The molecule has 0 spiro atoms. The molecule has 0 radical (unpaired) electrons. The smallest absolute Gasteiger partial charge is 0.326 e. The van der Waals surface area contributed by atoms with Gasteiger partial charge in [-0.15, -0.1) is 0 Å². The van der Waals surface area contributed by atoms with Crippen molar-refractivity contribution in [2.24, 2.45) is 39.6 Å². The standard InChI is InChI=1S/C32H62N12O10/c1-17(2)24(31(53)54)43-30(52)25(18(3)46)44-28(50)21(10-5-7-13-34)41-29(51)22(16-45)42-27(49)20(9-4-6-12-33)40-26(48)19(39-23(47)15-35)11-8-14-38-32(36)37/h17-22,24-25,45-46H,4-16,33-35H2,1-3H3,(H,39,47)(H,40,48)(H,41,51)(H,42,49)(H,43,52)(H,44,50)(H,53,54)(H4,36,37,38)/t18-,19+,20+,21+,22+,24+,25+/m1/s1. The maximum Gasteiger partial charge on any atom is 0.326 e. The maximum atomic E-state index is 13.5. The van der Waals surface area contributed by atoms with Gasteiger partial charge in [-0.25, -0.2) is 4.79 Å². The maximum absolute atomic E-state index is 13.5. The number of aliphatic carboxylic acids is 1. The first-order valence-electron chi connectivity index (χ1n) is 17.9. The van der Waals surface area contributed by atoms with Gasteiger partial charge < -0.3 is 75.9 Å². The van der Waals surface area contributed by atoms with Crippen LogP contribution in [-0.4, -0.2) is 138 Å². The fourth-order valence-electron chi connectivity index (χ4n) is 4.98. The fourth-order valence-corrected chi connectivity index (χ4v) is 4.98. The van der Waals surface area contributed by atoms with Crippen molar-refractivity contribution in [1.82, 2.24) is 31.9 Å². The Morgan fingerprint density at radius 1 is 0.593 bits per heavy atom. The summed E-state index contributed by atoms with van der Waals surface area (Å²) in [5.74, 6) is -7.15. The number of amides is 6. The van der Waals surface area contributed by atoms with Gasteiger partial charge in [0.1, 0.15) is 36.3 Å². The molecule has 0 saturated heterocycles. The first-order chi connectivity index (χ1) is 25.4. The van der Waals surface area contributed by atoms with Crippen molar-refractivity contribution in [2.75, 3.05) is 32.8 Å². The van der Waals surface area contributed by atoms with E-state index in [-0.39, 0.29) is 51.3 Å². The SMILES string of the molecule is CC(C)[C@H](NC(=O)[C@@H](NC(=O)[C@H](CCCCN)NC(=O)[C@H](CO)NC(=O)[C@H](CCCCN)NC(=O)[C@H](CCCN=C(N)N)NC(=O)CN)[C@@H](C)O)C(=O)O. The molecule has 0 aromatic rings. The second-order valence-electron chi connectivity index (χ2n) is 13.0. The summed E-state index contributed by atoms with van der Waals surface area (Å²) in [7, 11) is 0. The van der Waals surface area contributed by atoms with Crippen molar-refractivity contribution < 1.29 is 48.9 Å². The van der Waals surface area contributed by atoms with Crippen molar-refractivity contribution in [3.63, 3.8) is 0 Å². The zero-order valence-corrected chi connectivity index (χ0v) is 31.3. The number of aliphatic hydroxyl groups excluding tert-OH is 2. The molecule has 0 aliphatic rings. The van der Waals surface area contributed by atoms with Crippen LogP contribution in [0.3, 0.4) is 0 Å². The van der Waals surface area contributed by atoms with Crippen molar-refractivity contribution >= 4 is 47.4 Å². The van der Waals surface area contributed by atoms with Gasteiger partial charge in [0.05, 0.1) is 19.3 Å². The van der Waals surface area contributed by atoms with Gasteiger partial charge in [-0.3, -0.25) is 33.8 Å². The van der Waals surface area contributed by atoms with E-state index in [1.165, 1.54) is 6.92 Å². The highest BCUT2D eigenvalue weighted by atomic mass is 16.4. The van der Waals surface area contributed by atoms with E-state index in [0.29, 0.717) is 25.7 Å². The van der Waals surface area contributed by atoms with E-state index < -0.39 is 103 Å². The molecule has 0 aromatic carbocycles. The topological polar surface area (TPSA) is 395 Å². The number of nitrogens with two attached hydrogens (primary N) is 5. The Bertz CT molecular complexity index is 1250. The molecule has 22 nitrogen and oxygen atoms in total. The first kappa shape index (κ1) is 49.4. The summed E-state index contributed by atoms with van der Waals surface area (Å²) < 4.78 is 0. The number of nitrogens with zero attached hydrogens (tertiary/aromatic N) is 1. The number of nitrogens with one attached hydrogen (secondary N) is 6. The normalized spacial score (nSPS) is 14.9. The summed E-state index contributed by atoms with van der Waals surface area (Å²) in [6, 6.07) is -8.28. The van der Waals surface area contributed by atoms with Crippen LogP contribution in [-0.2, 0) is 33.6 Å². The second-order valence-corrected chi connectivity index (χ2v) is 13.0. The summed E-state index contributed by atoms with van der Waals surface area (Å²) in [4.78, 5) is 94.0. The minimum atomic E-state index is -1.62. The monoisotopic (exact) mass is 774 g/mol. The lowest BCUT2D eigenvalue weighted by molar-refractivity contribution is -0.144. The van der Waals surface area contributed by atoms with E-state index >= 15 is 0 Å². The minimum absolute atomic E-state index is 0.00434. The lowest BCUT2D eigenvalue weighted by Crippen LogP contribution is -2.61. The molecule has 0 aliphatic heterocycles. The van der Waals surface area contributed by atoms with Gasteiger partial charge in [0.25, 0.3) is 0 Å². The number of unbranched alkanes of at least 4 members (excludes halogenated alkanes) is 2. The Morgan fingerprint density at radius 2 is 1.02 bits per heavy atom. The molecule has 0 fully saturated rings. The predicted molar refractivity (Wildman–Crippen MR) is 198 cm³/mol. The summed E-state index contributed by atoms with van der Waals surface area (Å²) in [6.07, 6.45) is 0.567. The molecule has 0 bridgehead atoms. The molecule has 0 saturated carbocycles. The molecule has 0 heterocycles. The van der Waals surface area contributed by atoms with Crippen molar-refractivity contribution in [1.29, 1.82) is 0 Å². The fraction of sp³-hybridized carbons (Fsp3) is 0.750. The van der Waals surface area contributed by atoms with Crippen LogP contribution < -0.4 is 60.6 Å². The number of carboxylic acids is 1. The summed E-state index contributed by atoms with van der Waals surface area (Å²) in [5, 5.41) is 44.4. The number of aliphatic hydroxyl groups is 2. The third-order valence-electron chi connectivity index (χ3n) is 8.05. The lowest BCUT2D eigenvalue weighted by atomic mass is 10.0. The van der Waals surface area contributed by atoms with Crippen molar-refractivity contribution in [3.05, 3.63) is 0 Å². The van der Waals surface area contributed by atoms with Crippen molar-refractivity contribution in [2.45, 2.75) is 114 Å². The number of guanidine groups is 1. The van der Waals surface area contributed by atoms with E-state index in [9.17, 15) is 48.9 Å².